The van der Waals surface area contributed by atoms with E-state index in [2.05, 4.69) is 15.5 Å². The maximum Gasteiger partial charge on any atom is 0.311 e. The lowest BCUT2D eigenvalue weighted by Gasteiger charge is -2.09. The third-order valence-electron chi connectivity index (χ3n) is 3.97. The monoisotopic (exact) mass is 367 g/mol. The van der Waals surface area contributed by atoms with Crippen molar-refractivity contribution in [2.75, 3.05) is 12.4 Å². The number of aromatic nitrogens is 3. The van der Waals surface area contributed by atoms with Gasteiger partial charge in [-0.05, 0) is 31.2 Å². The molecule has 0 aliphatic carbocycles. The molecule has 1 aromatic heterocycles. The van der Waals surface area contributed by atoms with Gasteiger partial charge in [-0.15, -0.1) is 10.2 Å². The molecule has 2 aromatic carbocycles. The summed E-state index contributed by atoms with van der Waals surface area (Å²) in [5.74, 6) is 0.320. The van der Waals surface area contributed by atoms with Gasteiger partial charge in [-0.3, -0.25) is 14.9 Å². The molecule has 1 amide bonds. The summed E-state index contributed by atoms with van der Waals surface area (Å²) in [6.07, 6.45) is 1.64. The van der Waals surface area contributed by atoms with E-state index >= 15 is 0 Å². The first-order valence-corrected chi connectivity index (χ1v) is 8.15. The average molecular weight is 367 g/mol. The van der Waals surface area contributed by atoms with Crippen LogP contribution in [0.3, 0.4) is 0 Å². The number of carbonyl (C=O) groups excluding carboxylic acids is 1. The summed E-state index contributed by atoms with van der Waals surface area (Å²) in [6.45, 7) is 2.70. The second-order valence-electron chi connectivity index (χ2n) is 5.62. The number of anilines is 1. The van der Waals surface area contributed by atoms with Crippen LogP contribution in [0, 0.1) is 10.1 Å². The van der Waals surface area contributed by atoms with Crippen molar-refractivity contribution >= 4 is 17.3 Å². The van der Waals surface area contributed by atoms with Gasteiger partial charge < -0.3 is 14.6 Å². The van der Waals surface area contributed by atoms with Crippen LogP contribution in [0.2, 0.25) is 0 Å². The Morgan fingerprint density at radius 1 is 1.30 bits per heavy atom. The van der Waals surface area contributed by atoms with Crippen LogP contribution in [0.1, 0.15) is 17.3 Å². The zero-order valence-corrected chi connectivity index (χ0v) is 14.7. The van der Waals surface area contributed by atoms with Gasteiger partial charge in [0.1, 0.15) is 6.33 Å². The number of aryl methyl sites for hydroxylation is 1. The van der Waals surface area contributed by atoms with Crippen LogP contribution in [0.4, 0.5) is 11.4 Å². The molecule has 0 aliphatic heterocycles. The summed E-state index contributed by atoms with van der Waals surface area (Å²) in [4.78, 5) is 23.0. The zero-order valence-electron chi connectivity index (χ0n) is 14.7. The molecule has 0 radical (unpaired) electrons. The van der Waals surface area contributed by atoms with Gasteiger partial charge in [0, 0.05) is 29.4 Å². The predicted octanol–water partition coefficient (Wildman–Crippen LogP) is 3.13. The molecule has 0 aliphatic rings. The Kier molecular flexibility index (Phi) is 5.11. The van der Waals surface area contributed by atoms with Crippen molar-refractivity contribution in [3.63, 3.8) is 0 Å². The molecule has 3 aromatic rings. The molecule has 0 saturated carbocycles. The van der Waals surface area contributed by atoms with Crippen LogP contribution >= 0.6 is 0 Å². The molecular weight excluding hydrogens is 350 g/mol. The van der Waals surface area contributed by atoms with Crippen LogP contribution in [0.5, 0.6) is 5.75 Å². The molecule has 9 nitrogen and oxygen atoms in total. The summed E-state index contributed by atoms with van der Waals surface area (Å²) in [5, 5.41) is 21.9. The van der Waals surface area contributed by atoms with Gasteiger partial charge in [-0.1, -0.05) is 12.1 Å². The second-order valence-corrected chi connectivity index (χ2v) is 5.62. The third kappa shape index (κ3) is 3.76. The maximum absolute atomic E-state index is 12.5. The fraction of sp³-hybridized carbons (Fsp3) is 0.167. The number of benzene rings is 2. The highest BCUT2D eigenvalue weighted by molar-refractivity contribution is 6.05. The van der Waals surface area contributed by atoms with E-state index in [0.717, 1.165) is 5.56 Å². The van der Waals surface area contributed by atoms with Gasteiger partial charge in [0.2, 0.25) is 0 Å². The smallest absolute Gasteiger partial charge is 0.311 e. The van der Waals surface area contributed by atoms with Crippen molar-refractivity contribution in [2.24, 2.45) is 0 Å². The second kappa shape index (κ2) is 7.65. The largest absolute Gasteiger partial charge is 0.490 e. The normalized spacial score (nSPS) is 10.4. The van der Waals surface area contributed by atoms with E-state index in [1.54, 1.807) is 24.5 Å². The fourth-order valence-corrected chi connectivity index (χ4v) is 2.62. The topological polar surface area (TPSA) is 112 Å². The summed E-state index contributed by atoms with van der Waals surface area (Å²) in [7, 11) is 1.34. The molecule has 9 heteroatoms. The lowest BCUT2D eigenvalue weighted by molar-refractivity contribution is -0.385. The maximum atomic E-state index is 12.5. The minimum atomic E-state index is -0.589. The van der Waals surface area contributed by atoms with Crippen LogP contribution in [0.15, 0.2) is 48.8 Å². The van der Waals surface area contributed by atoms with Gasteiger partial charge in [0.05, 0.1) is 12.0 Å². The number of methoxy groups -OCH3 is 1. The molecular formula is C18H17N5O4. The van der Waals surface area contributed by atoms with Gasteiger partial charge in [-0.25, -0.2) is 0 Å². The minimum absolute atomic E-state index is 0.0949. The highest BCUT2D eigenvalue weighted by Crippen LogP contribution is 2.28. The van der Waals surface area contributed by atoms with Gasteiger partial charge in [0.25, 0.3) is 5.91 Å². The van der Waals surface area contributed by atoms with E-state index in [4.69, 9.17) is 4.74 Å². The molecule has 0 fully saturated rings. The standard InChI is InChI=1S/C18H17N5O4/c1-3-22-11-19-21-17(22)12-5-4-6-14(9-12)20-18(24)13-7-8-16(27-2)15(10-13)23(25)26/h4-11H,3H2,1-2H3,(H,20,24). The number of nitro groups is 1. The van der Waals surface area contributed by atoms with E-state index in [-0.39, 0.29) is 17.0 Å². The van der Waals surface area contributed by atoms with Crippen molar-refractivity contribution in [1.29, 1.82) is 0 Å². The van der Waals surface area contributed by atoms with E-state index in [0.29, 0.717) is 18.1 Å². The van der Waals surface area contributed by atoms with Crippen LogP contribution in [0.25, 0.3) is 11.4 Å². The highest BCUT2D eigenvalue weighted by Gasteiger charge is 2.18. The van der Waals surface area contributed by atoms with E-state index in [9.17, 15) is 14.9 Å². The number of hydrogen-bond acceptors (Lipinski definition) is 6. The Morgan fingerprint density at radius 3 is 2.81 bits per heavy atom. The number of nitrogens with zero attached hydrogens (tertiary/aromatic N) is 4. The van der Waals surface area contributed by atoms with Crippen molar-refractivity contribution in [1.82, 2.24) is 14.8 Å². The van der Waals surface area contributed by atoms with E-state index in [1.165, 1.54) is 25.3 Å². The number of nitrogens with one attached hydrogen (secondary N) is 1. The summed E-state index contributed by atoms with van der Waals surface area (Å²) < 4.78 is 6.83. The number of nitro benzene ring substituents is 1. The first kappa shape index (κ1) is 18.1. The highest BCUT2D eigenvalue weighted by atomic mass is 16.6. The Bertz CT molecular complexity index is 999. The number of ether oxygens (including phenoxy) is 1. The minimum Gasteiger partial charge on any atom is -0.490 e. The lowest BCUT2D eigenvalue weighted by Crippen LogP contribution is -2.12. The molecule has 27 heavy (non-hydrogen) atoms. The number of amides is 1. The molecule has 1 N–H and O–H groups in total. The van der Waals surface area contributed by atoms with Gasteiger partial charge >= 0.3 is 5.69 Å². The van der Waals surface area contributed by atoms with Crippen molar-refractivity contribution in [3.05, 3.63) is 64.5 Å². The van der Waals surface area contributed by atoms with Crippen molar-refractivity contribution in [3.8, 4) is 17.1 Å². The first-order valence-electron chi connectivity index (χ1n) is 8.15. The molecule has 1 heterocycles. The Balaban J connectivity index is 1.86. The molecule has 0 atom stereocenters. The van der Waals surface area contributed by atoms with Crippen LogP contribution in [-0.2, 0) is 6.54 Å². The zero-order chi connectivity index (χ0) is 19.4. The number of carbonyl (C=O) groups is 1. The van der Waals surface area contributed by atoms with Gasteiger partial charge in [-0.2, -0.15) is 0 Å². The molecule has 0 saturated heterocycles. The third-order valence-corrected chi connectivity index (χ3v) is 3.97. The molecule has 0 spiro atoms. The average Bonchev–Trinajstić information content (AvgIpc) is 3.16. The molecule has 138 valence electrons. The fourth-order valence-electron chi connectivity index (χ4n) is 2.62. The Labute approximate surface area is 154 Å². The molecule has 0 unspecified atom stereocenters. The van der Waals surface area contributed by atoms with Crippen LogP contribution in [-0.4, -0.2) is 32.7 Å². The van der Waals surface area contributed by atoms with E-state index < -0.39 is 10.8 Å². The van der Waals surface area contributed by atoms with Crippen molar-refractivity contribution in [2.45, 2.75) is 13.5 Å². The number of hydrogen-bond donors (Lipinski definition) is 1. The summed E-state index contributed by atoms with van der Waals surface area (Å²) in [6, 6.07) is 11.2. The molecule has 3 rings (SSSR count). The summed E-state index contributed by atoms with van der Waals surface area (Å²) in [5.41, 5.74) is 1.23. The Hall–Kier alpha value is -3.75. The molecule has 0 bridgehead atoms. The van der Waals surface area contributed by atoms with Crippen LogP contribution < -0.4 is 10.1 Å². The first-order chi connectivity index (χ1) is 13.0. The Morgan fingerprint density at radius 2 is 2.11 bits per heavy atom. The van der Waals surface area contributed by atoms with E-state index in [1.807, 2.05) is 17.6 Å². The van der Waals surface area contributed by atoms with Gasteiger partial charge in [0.15, 0.2) is 11.6 Å². The lowest BCUT2D eigenvalue weighted by atomic mass is 10.1. The quantitative estimate of drug-likeness (QED) is 0.529. The predicted molar refractivity (Wildman–Crippen MR) is 98.7 cm³/mol. The van der Waals surface area contributed by atoms with Crippen molar-refractivity contribution < 1.29 is 14.5 Å². The SMILES string of the molecule is CCn1cnnc1-c1cccc(NC(=O)c2ccc(OC)c([N+](=O)[O-])c2)c1. The number of rotatable bonds is 6. The summed E-state index contributed by atoms with van der Waals surface area (Å²) >= 11 is 0.